The van der Waals surface area contributed by atoms with E-state index in [1.807, 2.05) is 36.8 Å². The molecular weight excluding hydrogens is 270 g/mol. The summed E-state index contributed by atoms with van der Waals surface area (Å²) in [5, 5.41) is 5.49. The lowest BCUT2D eigenvalue weighted by Gasteiger charge is -2.14. The van der Waals surface area contributed by atoms with Crippen molar-refractivity contribution in [3.8, 4) is 11.3 Å². The van der Waals surface area contributed by atoms with Crippen molar-refractivity contribution in [3.63, 3.8) is 0 Å². The van der Waals surface area contributed by atoms with Gasteiger partial charge in [-0.05, 0) is 19.1 Å². The molecule has 3 aromatic rings. The van der Waals surface area contributed by atoms with Crippen LogP contribution in [-0.4, -0.2) is 33.2 Å². The molecule has 0 aliphatic carbocycles. The molecule has 0 aliphatic rings. The molecule has 5 nitrogen and oxygen atoms in total. The minimum atomic E-state index is 0.798. The number of anilines is 1. The van der Waals surface area contributed by atoms with E-state index >= 15 is 0 Å². The van der Waals surface area contributed by atoms with Gasteiger partial charge in [0.15, 0.2) is 0 Å². The third-order valence-corrected chi connectivity index (χ3v) is 3.86. The monoisotopic (exact) mass is 285 g/mol. The smallest absolute Gasteiger partial charge is 0.214 e. The van der Waals surface area contributed by atoms with Crippen molar-refractivity contribution in [2.45, 2.75) is 6.92 Å². The van der Waals surface area contributed by atoms with Gasteiger partial charge in [0, 0.05) is 31.5 Å². The Bertz CT molecular complexity index is 712. The Morgan fingerprint density at radius 1 is 1.50 bits per heavy atom. The largest absolute Gasteiger partial charge is 0.346 e. The maximum Gasteiger partial charge on any atom is 0.214 e. The summed E-state index contributed by atoms with van der Waals surface area (Å²) in [5.74, 6) is 0. The van der Waals surface area contributed by atoms with Crippen LogP contribution in [-0.2, 0) is 0 Å². The average molecular weight is 285 g/mol. The second-order valence-electron chi connectivity index (χ2n) is 4.79. The predicted octanol–water partition coefficient (Wildman–Crippen LogP) is 2.87. The van der Waals surface area contributed by atoms with E-state index in [0.717, 1.165) is 33.5 Å². The zero-order chi connectivity index (χ0) is 14.1. The van der Waals surface area contributed by atoms with Crippen LogP contribution in [0.25, 0.3) is 16.2 Å². The van der Waals surface area contributed by atoms with Crippen molar-refractivity contribution < 1.29 is 0 Å². The van der Waals surface area contributed by atoms with Crippen molar-refractivity contribution >= 4 is 21.4 Å². The van der Waals surface area contributed by atoms with Crippen molar-refractivity contribution in [3.05, 3.63) is 42.9 Å². The average Bonchev–Trinajstić information content (AvgIpc) is 2.97. The van der Waals surface area contributed by atoms with Crippen molar-refractivity contribution in [1.29, 1.82) is 0 Å². The molecule has 6 heteroatoms. The Labute approximate surface area is 121 Å². The number of rotatable bonds is 4. The second kappa shape index (κ2) is 5.05. The molecule has 102 valence electrons. The number of hydrogen-bond donors (Lipinski definition) is 0. The first-order valence-corrected chi connectivity index (χ1v) is 7.07. The van der Waals surface area contributed by atoms with Crippen LogP contribution in [0, 0.1) is 0 Å². The zero-order valence-electron chi connectivity index (χ0n) is 11.4. The Kier molecular flexibility index (Phi) is 3.23. The van der Waals surface area contributed by atoms with Crippen LogP contribution in [0.2, 0.25) is 0 Å². The van der Waals surface area contributed by atoms with Gasteiger partial charge in [0.25, 0.3) is 0 Å². The van der Waals surface area contributed by atoms with Gasteiger partial charge in [0.2, 0.25) is 10.1 Å². The lowest BCUT2D eigenvalue weighted by molar-refractivity contribution is 0.904. The van der Waals surface area contributed by atoms with E-state index in [0.29, 0.717) is 0 Å². The van der Waals surface area contributed by atoms with Gasteiger partial charge in [-0.1, -0.05) is 23.5 Å². The summed E-state index contributed by atoms with van der Waals surface area (Å²) in [6.45, 7) is 6.73. The van der Waals surface area contributed by atoms with Gasteiger partial charge < -0.3 is 4.90 Å². The predicted molar refractivity (Wildman–Crippen MR) is 82.2 cm³/mol. The fourth-order valence-corrected chi connectivity index (χ4v) is 2.81. The Morgan fingerprint density at radius 2 is 2.35 bits per heavy atom. The highest BCUT2D eigenvalue weighted by Crippen LogP contribution is 2.25. The number of hydrogen-bond acceptors (Lipinski definition) is 5. The first-order valence-electron chi connectivity index (χ1n) is 6.25. The van der Waals surface area contributed by atoms with E-state index < -0.39 is 0 Å². The van der Waals surface area contributed by atoms with Gasteiger partial charge in [0.1, 0.15) is 0 Å². The van der Waals surface area contributed by atoms with E-state index in [9.17, 15) is 0 Å². The fourth-order valence-electron chi connectivity index (χ4n) is 1.97. The third kappa shape index (κ3) is 2.42. The molecule has 3 aromatic heterocycles. The highest BCUT2D eigenvalue weighted by atomic mass is 32.1. The summed E-state index contributed by atoms with van der Waals surface area (Å²) in [7, 11) is 2.01. The third-order valence-electron chi connectivity index (χ3n) is 2.82. The molecule has 0 atom stereocenters. The number of imidazole rings is 1. The number of pyridine rings is 1. The second-order valence-corrected chi connectivity index (χ2v) is 5.73. The van der Waals surface area contributed by atoms with Crippen LogP contribution in [0.4, 0.5) is 5.13 Å². The zero-order valence-corrected chi connectivity index (χ0v) is 12.3. The topological polar surface area (TPSA) is 46.3 Å². The lowest BCUT2D eigenvalue weighted by Crippen LogP contribution is -2.18. The molecule has 0 N–H and O–H groups in total. The minimum absolute atomic E-state index is 0.798. The first-order chi connectivity index (χ1) is 9.63. The summed E-state index contributed by atoms with van der Waals surface area (Å²) in [6.07, 6.45) is 5.49. The summed E-state index contributed by atoms with van der Waals surface area (Å²) < 4.78 is 1.82. The number of likely N-dealkylation sites (N-methyl/N-ethyl adjacent to an activating group) is 1. The van der Waals surface area contributed by atoms with E-state index in [2.05, 4.69) is 26.5 Å². The quantitative estimate of drug-likeness (QED) is 0.692. The van der Waals surface area contributed by atoms with Gasteiger partial charge in [0.05, 0.1) is 11.9 Å². The number of aromatic nitrogens is 4. The van der Waals surface area contributed by atoms with Crippen LogP contribution in [0.15, 0.2) is 42.9 Å². The van der Waals surface area contributed by atoms with E-state index in [-0.39, 0.29) is 0 Å². The first kappa shape index (κ1) is 12.8. The van der Waals surface area contributed by atoms with E-state index in [1.54, 1.807) is 23.7 Å². The molecule has 0 fully saturated rings. The SMILES string of the molecule is C=C(C)CN(C)c1nn2cc(-c3cccnc3)nc2s1. The molecule has 3 heterocycles. The molecule has 0 aliphatic heterocycles. The number of nitrogens with zero attached hydrogens (tertiary/aromatic N) is 5. The van der Waals surface area contributed by atoms with Crippen LogP contribution >= 0.6 is 11.3 Å². The van der Waals surface area contributed by atoms with Crippen LogP contribution in [0.1, 0.15) is 6.92 Å². The molecule has 0 aromatic carbocycles. The van der Waals surface area contributed by atoms with Crippen LogP contribution < -0.4 is 4.90 Å². The minimum Gasteiger partial charge on any atom is -0.346 e. The molecule has 0 unspecified atom stereocenters. The summed E-state index contributed by atoms with van der Waals surface area (Å²) >= 11 is 1.57. The fraction of sp³-hybridized carbons (Fsp3) is 0.214. The van der Waals surface area contributed by atoms with Gasteiger partial charge in [-0.2, -0.15) is 0 Å². The Balaban J connectivity index is 1.92. The summed E-state index contributed by atoms with van der Waals surface area (Å²) in [6, 6.07) is 3.90. The van der Waals surface area contributed by atoms with E-state index in [4.69, 9.17) is 0 Å². The van der Waals surface area contributed by atoms with E-state index in [1.165, 1.54) is 0 Å². The van der Waals surface area contributed by atoms with Crippen LogP contribution in [0.5, 0.6) is 0 Å². The van der Waals surface area contributed by atoms with Crippen LogP contribution in [0.3, 0.4) is 0 Å². The summed E-state index contributed by atoms with van der Waals surface area (Å²) in [5.41, 5.74) is 3.00. The lowest BCUT2D eigenvalue weighted by atomic mass is 10.2. The Morgan fingerprint density at radius 3 is 3.00 bits per heavy atom. The highest BCUT2D eigenvalue weighted by Gasteiger charge is 2.12. The molecule has 0 radical (unpaired) electrons. The maximum atomic E-state index is 4.60. The molecule has 3 rings (SSSR count). The van der Waals surface area contributed by atoms with Gasteiger partial charge in [-0.25, -0.2) is 9.50 Å². The molecule has 0 spiro atoms. The molecular formula is C14H15N5S. The van der Waals surface area contributed by atoms with Crippen molar-refractivity contribution in [2.24, 2.45) is 0 Å². The highest BCUT2D eigenvalue weighted by molar-refractivity contribution is 7.20. The molecule has 0 saturated heterocycles. The number of fused-ring (bicyclic) bond motifs is 1. The van der Waals surface area contributed by atoms with Gasteiger partial charge in [-0.15, -0.1) is 5.10 Å². The maximum absolute atomic E-state index is 4.60. The molecule has 0 saturated carbocycles. The van der Waals surface area contributed by atoms with Gasteiger partial charge in [-0.3, -0.25) is 4.98 Å². The Hall–Kier alpha value is -2.21. The molecule has 0 bridgehead atoms. The van der Waals surface area contributed by atoms with Crippen molar-refractivity contribution in [1.82, 2.24) is 19.6 Å². The normalized spacial score (nSPS) is 10.9. The molecule has 0 amide bonds. The van der Waals surface area contributed by atoms with Crippen molar-refractivity contribution in [2.75, 3.05) is 18.5 Å². The van der Waals surface area contributed by atoms with Gasteiger partial charge >= 0.3 is 0 Å². The standard InChI is InChI=1S/C14H15N5S/c1-10(2)8-18(3)14-17-19-9-12(16-13(19)20-14)11-5-4-6-15-7-11/h4-7,9H,1,8H2,2-3H3. The molecule has 20 heavy (non-hydrogen) atoms. The summed E-state index contributed by atoms with van der Waals surface area (Å²) in [4.78, 5) is 11.7.